The number of carbonyl (C=O) groups is 1. The predicted octanol–water partition coefficient (Wildman–Crippen LogP) is 0.802. The molecule has 2 heterocycles. The second kappa shape index (κ2) is 5.05. The molecule has 1 aliphatic rings. The summed E-state index contributed by atoms with van der Waals surface area (Å²) in [6.07, 6.45) is 3.10. The molecule has 2 rings (SSSR count). The van der Waals surface area contributed by atoms with E-state index in [2.05, 4.69) is 9.72 Å². The second-order valence-electron chi connectivity index (χ2n) is 5.14. The first-order chi connectivity index (χ1) is 8.93. The Labute approximate surface area is 112 Å². The number of piperidine rings is 1. The summed E-state index contributed by atoms with van der Waals surface area (Å²) < 4.78 is 4.69. The van der Waals surface area contributed by atoms with Crippen LogP contribution in [0.15, 0.2) is 12.3 Å². The highest BCUT2D eigenvalue weighted by atomic mass is 16.5. The van der Waals surface area contributed by atoms with E-state index in [1.807, 2.05) is 4.90 Å². The largest absolute Gasteiger partial charge is 0.465 e. The Hall–Kier alpha value is -1.82. The Morgan fingerprint density at radius 1 is 1.63 bits per heavy atom. The van der Waals surface area contributed by atoms with Gasteiger partial charge in [0.2, 0.25) is 0 Å². The van der Waals surface area contributed by atoms with E-state index >= 15 is 0 Å². The van der Waals surface area contributed by atoms with Crippen LogP contribution in [0.25, 0.3) is 0 Å². The molecule has 0 aliphatic carbocycles. The molecule has 1 saturated heterocycles. The number of methoxy groups -OCH3 is 1. The molecular formula is C13H19N3O3. The highest BCUT2D eigenvalue weighted by Gasteiger charge is 2.29. The van der Waals surface area contributed by atoms with Crippen LogP contribution in [-0.4, -0.2) is 41.9 Å². The van der Waals surface area contributed by atoms with Crippen LogP contribution in [0.5, 0.6) is 0 Å². The number of nitrogen functional groups attached to an aromatic ring is 1. The van der Waals surface area contributed by atoms with E-state index in [0.717, 1.165) is 19.4 Å². The number of aliphatic hydroxyl groups is 1. The van der Waals surface area contributed by atoms with Gasteiger partial charge in [-0.3, -0.25) is 0 Å². The number of nitrogens with two attached hydrogens (primary N) is 1. The fourth-order valence-corrected chi connectivity index (χ4v) is 2.33. The van der Waals surface area contributed by atoms with E-state index in [-0.39, 0.29) is 0 Å². The Morgan fingerprint density at radius 3 is 3.00 bits per heavy atom. The zero-order chi connectivity index (χ0) is 14.0. The molecule has 1 aliphatic heterocycles. The third kappa shape index (κ3) is 2.96. The fraction of sp³-hybridized carbons (Fsp3) is 0.538. The molecule has 6 nitrogen and oxygen atoms in total. The summed E-state index contributed by atoms with van der Waals surface area (Å²) in [6.45, 7) is 3.09. The van der Waals surface area contributed by atoms with Crippen molar-refractivity contribution < 1.29 is 14.6 Å². The molecule has 0 radical (unpaired) electrons. The van der Waals surface area contributed by atoms with Crippen molar-refractivity contribution in [2.24, 2.45) is 0 Å². The minimum atomic E-state index is -0.729. The number of aromatic nitrogens is 1. The normalized spacial score (nSPS) is 23.2. The molecule has 1 fully saturated rings. The van der Waals surface area contributed by atoms with Crippen molar-refractivity contribution in [3.05, 3.63) is 17.8 Å². The van der Waals surface area contributed by atoms with E-state index in [0.29, 0.717) is 23.6 Å². The minimum absolute atomic E-state index is 0.291. The van der Waals surface area contributed by atoms with Gasteiger partial charge in [-0.25, -0.2) is 9.78 Å². The highest BCUT2D eigenvalue weighted by Crippen LogP contribution is 2.26. The third-order valence-corrected chi connectivity index (χ3v) is 3.32. The smallest absolute Gasteiger partial charge is 0.340 e. The van der Waals surface area contributed by atoms with Crippen molar-refractivity contribution in [1.29, 1.82) is 0 Å². The SMILES string of the molecule is COC(=O)c1cc(N2CCCC(C)(O)C2)ncc1N. The maximum absolute atomic E-state index is 11.6. The van der Waals surface area contributed by atoms with Gasteiger partial charge in [0, 0.05) is 13.1 Å². The standard InChI is InChI=1S/C13H19N3O3/c1-13(18)4-3-5-16(8-13)11-6-9(12(17)19-2)10(14)7-15-11/h6-7,18H,3-5,8,14H2,1-2H3. The van der Waals surface area contributed by atoms with Crippen molar-refractivity contribution in [3.63, 3.8) is 0 Å². The summed E-state index contributed by atoms with van der Waals surface area (Å²) in [7, 11) is 1.31. The second-order valence-corrected chi connectivity index (χ2v) is 5.14. The quantitative estimate of drug-likeness (QED) is 0.769. The van der Waals surface area contributed by atoms with Gasteiger partial charge in [-0.15, -0.1) is 0 Å². The van der Waals surface area contributed by atoms with Gasteiger partial charge in [0.15, 0.2) is 0 Å². The van der Waals surface area contributed by atoms with Crippen LogP contribution in [0.1, 0.15) is 30.1 Å². The summed E-state index contributed by atoms with van der Waals surface area (Å²) in [5, 5.41) is 10.1. The summed E-state index contributed by atoms with van der Waals surface area (Å²) >= 11 is 0. The van der Waals surface area contributed by atoms with Crippen LogP contribution in [0.4, 0.5) is 11.5 Å². The Bertz CT molecular complexity index is 488. The van der Waals surface area contributed by atoms with Crippen molar-refractivity contribution in [3.8, 4) is 0 Å². The number of hydrogen-bond acceptors (Lipinski definition) is 6. The summed E-state index contributed by atoms with van der Waals surface area (Å²) in [4.78, 5) is 17.8. The van der Waals surface area contributed by atoms with Gasteiger partial charge in [0.1, 0.15) is 5.82 Å². The van der Waals surface area contributed by atoms with Gasteiger partial charge in [0.05, 0.1) is 30.2 Å². The van der Waals surface area contributed by atoms with Crippen LogP contribution in [0, 0.1) is 0 Å². The Balaban J connectivity index is 2.28. The van der Waals surface area contributed by atoms with Gasteiger partial charge >= 0.3 is 5.97 Å². The Morgan fingerprint density at radius 2 is 2.37 bits per heavy atom. The van der Waals surface area contributed by atoms with Crippen LogP contribution in [0.2, 0.25) is 0 Å². The molecule has 1 aromatic rings. The van der Waals surface area contributed by atoms with E-state index in [1.54, 1.807) is 13.0 Å². The average molecular weight is 265 g/mol. The van der Waals surface area contributed by atoms with Crippen LogP contribution < -0.4 is 10.6 Å². The molecule has 6 heteroatoms. The molecule has 19 heavy (non-hydrogen) atoms. The van der Waals surface area contributed by atoms with Crippen LogP contribution >= 0.6 is 0 Å². The maximum atomic E-state index is 11.6. The first kappa shape index (κ1) is 13.6. The molecule has 3 N–H and O–H groups in total. The zero-order valence-electron chi connectivity index (χ0n) is 11.2. The topological polar surface area (TPSA) is 88.7 Å². The molecule has 0 bridgehead atoms. The number of hydrogen-bond donors (Lipinski definition) is 2. The molecule has 1 unspecified atom stereocenters. The molecular weight excluding hydrogens is 246 g/mol. The monoisotopic (exact) mass is 265 g/mol. The summed E-state index contributed by atoms with van der Waals surface area (Å²) in [6, 6.07) is 1.61. The summed E-state index contributed by atoms with van der Waals surface area (Å²) in [5.41, 5.74) is 5.58. The van der Waals surface area contributed by atoms with Gasteiger partial charge in [-0.2, -0.15) is 0 Å². The van der Waals surface area contributed by atoms with Gasteiger partial charge in [0.25, 0.3) is 0 Å². The number of esters is 1. The highest BCUT2D eigenvalue weighted by molar-refractivity contribution is 5.95. The maximum Gasteiger partial charge on any atom is 0.340 e. The van der Waals surface area contributed by atoms with E-state index in [1.165, 1.54) is 13.3 Å². The first-order valence-electron chi connectivity index (χ1n) is 6.24. The lowest BCUT2D eigenvalue weighted by Crippen LogP contribution is -2.46. The lowest BCUT2D eigenvalue weighted by Gasteiger charge is -2.37. The van der Waals surface area contributed by atoms with Crippen molar-refractivity contribution in [2.45, 2.75) is 25.4 Å². The summed E-state index contributed by atoms with van der Waals surface area (Å²) in [5.74, 6) is 0.152. The number of ether oxygens (including phenoxy) is 1. The lowest BCUT2D eigenvalue weighted by atomic mass is 9.95. The molecule has 104 valence electrons. The van der Waals surface area contributed by atoms with E-state index in [4.69, 9.17) is 5.73 Å². The molecule has 0 spiro atoms. The molecule has 1 atom stereocenters. The van der Waals surface area contributed by atoms with Gasteiger partial charge < -0.3 is 20.5 Å². The number of nitrogens with zero attached hydrogens (tertiary/aromatic N) is 2. The number of carbonyl (C=O) groups excluding carboxylic acids is 1. The van der Waals surface area contributed by atoms with Gasteiger partial charge in [-0.1, -0.05) is 0 Å². The first-order valence-corrected chi connectivity index (χ1v) is 6.24. The van der Waals surface area contributed by atoms with Crippen LogP contribution in [-0.2, 0) is 4.74 Å². The number of β-amino-alcohol motifs (C(OH)–C–C–N with tert-alkyl or cyclic N) is 1. The zero-order valence-corrected chi connectivity index (χ0v) is 11.2. The number of rotatable bonds is 2. The third-order valence-electron chi connectivity index (χ3n) is 3.32. The number of anilines is 2. The molecule has 0 saturated carbocycles. The van der Waals surface area contributed by atoms with Crippen LogP contribution in [0.3, 0.4) is 0 Å². The predicted molar refractivity (Wildman–Crippen MR) is 72.1 cm³/mol. The molecule has 1 aromatic heterocycles. The molecule has 0 aromatic carbocycles. The van der Waals surface area contributed by atoms with E-state index < -0.39 is 11.6 Å². The van der Waals surface area contributed by atoms with Gasteiger partial charge in [-0.05, 0) is 25.8 Å². The lowest BCUT2D eigenvalue weighted by molar-refractivity contribution is 0.0447. The number of pyridine rings is 1. The van der Waals surface area contributed by atoms with Crippen molar-refractivity contribution >= 4 is 17.5 Å². The van der Waals surface area contributed by atoms with Crippen molar-refractivity contribution in [1.82, 2.24) is 4.98 Å². The van der Waals surface area contributed by atoms with Crippen molar-refractivity contribution in [2.75, 3.05) is 30.8 Å². The minimum Gasteiger partial charge on any atom is -0.465 e. The average Bonchev–Trinajstić information content (AvgIpc) is 2.37. The van der Waals surface area contributed by atoms with E-state index in [9.17, 15) is 9.90 Å². The molecule has 0 amide bonds. The fourth-order valence-electron chi connectivity index (χ4n) is 2.33. The Kier molecular flexibility index (Phi) is 3.61.